The lowest BCUT2D eigenvalue weighted by Crippen LogP contribution is -2.29. The second kappa shape index (κ2) is 4.94. The largest absolute Gasteiger partial charge is 0.271 e. The van der Waals surface area contributed by atoms with Crippen LogP contribution in [0.1, 0.15) is 31.0 Å². The van der Waals surface area contributed by atoms with Crippen molar-refractivity contribution >= 4 is 0 Å². The van der Waals surface area contributed by atoms with Gasteiger partial charge < -0.3 is 0 Å². The van der Waals surface area contributed by atoms with Crippen LogP contribution in [-0.2, 0) is 6.42 Å². The van der Waals surface area contributed by atoms with Gasteiger partial charge in [0.05, 0.1) is 6.04 Å². The molecule has 0 aliphatic heterocycles. The number of nitrogens with two attached hydrogens (primary N) is 1. The molecule has 1 atom stereocenters. The molecule has 1 aromatic rings. The number of aryl methyl sites for hydroxylation is 1. The molecule has 0 aliphatic rings. The Kier molecular flexibility index (Phi) is 3.86. The predicted molar refractivity (Wildman–Crippen MR) is 60.7 cm³/mol. The Bertz CT molecular complexity index is 318. The van der Waals surface area contributed by atoms with Crippen LogP contribution in [-0.4, -0.2) is 0 Å². The lowest BCUT2D eigenvalue weighted by Gasteiger charge is -2.19. The molecule has 0 fully saturated rings. The molecule has 2 heteroatoms. The van der Waals surface area contributed by atoms with Crippen molar-refractivity contribution in [3.05, 3.63) is 47.5 Å². The van der Waals surface area contributed by atoms with Crippen molar-refractivity contribution in [2.24, 2.45) is 5.84 Å². The number of nitrogens with one attached hydrogen (secondary N) is 1. The standard InChI is InChI=1S/C12H18N2/c1-4-10-7-5-6-8-11(10)12(14-13)9(2)3/h5-8,12,14H,2,4,13H2,1,3H3. The van der Waals surface area contributed by atoms with Crippen LogP contribution in [0.5, 0.6) is 0 Å². The maximum atomic E-state index is 5.52. The number of hydrazine groups is 1. The third-order valence-electron chi connectivity index (χ3n) is 2.41. The lowest BCUT2D eigenvalue weighted by molar-refractivity contribution is 0.622. The van der Waals surface area contributed by atoms with Gasteiger partial charge in [-0.25, -0.2) is 5.43 Å². The summed E-state index contributed by atoms with van der Waals surface area (Å²) in [4.78, 5) is 0. The van der Waals surface area contributed by atoms with E-state index in [0.29, 0.717) is 0 Å². The van der Waals surface area contributed by atoms with E-state index in [1.54, 1.807) is 0 Å². The maximum absolute atomic E-state index is 5.52. The van der Waals surface area contributed by atoms with Crippen LogP contribution in [0.3, 0.4) is 0 Å². The molecule has 14 heavy (non-hydrogen) atoms. The Labute approximate surface area is 85.8 Å². The normalized spacial score (nSPS) is 12.5. The fourth-order valence-electron chi connectivity index (χ4n) is 1.64. The summed E-state index contributed by atoms with van der Waals surface area (Å²) in [7, 11) is 0. The quantitative estimate of drug-likeness (QED) is 0.434. The van der Waals surface area contributed by atoms with Crippen molar-refractivity contribution in [1.29, 1.82) is 0 Å². The van der Waals surface area contributed by atoms with Gasteiger partial charge in [-0.3, -0.25) is 5.84 Å². The van der Waals surface area contributed by atoms with Gasteiger partial charge in [-0.1, -0.05) is 43.3 Å². The predicted octanol–water partition coefficient (Wildman–Crippen LogP) is 2.33. The third-order valence-corrected chi connectivity index (χ3v) is 2.41. The average molecular weight is 190 g/mol. The Morgan fingerprint density at radius 2 is 2.14 bits per heavy atom. The number of hydrogen-bond acceptors (Lipinski definition) is 2. The van der Waals surface area contributed by atoms with Crippen molar-refractivity contribution in [3.63, 3.8) is 0 Å². The molecule has 0 aromatic heterocycles. The zero-order valence-corrected chi connectivity index (χ0v) is 8.88. The minimum absolute atomic E-state index is 0.0612. The molecular weight excluding hydrogens is 172 g/mol. The highest BCUT2D eigenvalue weighted by Gasteiger charge is 2.12. The molecule has 0 saturated carbocycles. The molecule has 0 bridgehead atoms. The fourth-order valence-corrected chi connectivity index (χ4v) is 1.64. The van der Waals surface area contributed by atoms with Crippen molar-refractivity contribution in [3.8, 4) is 0 Å². The average Bonchev–Trinajstić information content (AvgIpc) is 2.19. The van der Waals surface area contributed by atoms with Gasteiger partial charge in [0.2, 0.25) is 0 Å². The van der Waals surface area contributed by atoms with Crippen LogP contribution in [0.25, 0.3) is 0 Å². The molecule has 1 unspecified atom stereocenters. The SMILES string of the molecule is C=C(C)C(NN)c1ccccc1CC. The summed E-state index contributed by atoms with van der Waals surface area (Å²) < 4.78 is 0. The molecule has 3 N–H and O–H groups in total. The smallest absolute Gasteiger partial charge is 0.0667 e. The molecule has 76 valence electrons. The highest BCUT2D eigenvalue weighted by atomic mass is 15.2. The summed E-state index contributed by atoms with van der Waals surface area (Å²) in [5, 5.41) is 0. The first-order valence-corrected chi connectivity index (χ1v) is 4.90. The van der Waals surface area contributed by atoms with Crippen LogP contribution in [0.4, 0.5) is 0 Å². The van der Waals surface area contributed by atoms with Gasteiger partial charge in [-0.05, 0) is 24.5 Å². The van der Waals surface area contributed by atoms with Crippen molar-refractivity contribution in [2.45, 2.75) is 26.3 Å². The molecule has 0 spiro atoms. The summed E-state index contributed by atoms with van der Waals surface area (Å²) in [6, 6.07) is 8.36. The van der Waals surface area contributed by atoms with E-state index in [1.165, 1.54) is 11.1 Å². The topological polar surface area (TPSA) is 38.0 Å². The molecule has 0 heterocycles. The van der Waals surface area contributed by atoms with E-state index in [-0.39, 0.29) is 6.04 Å². The van der Waals surface area contributed by atoms with E-state index in [4.69, 9.17) is 5.84 Å². The summed E-state index contributed by atoms with van der Waals surface area (Å²) in [5.74, 6) is 5.52. The number of hydrogen-bond donors (Lipinski definition) is 2. The van der Waals surface area contributed by atoms with Crippen molar-refractivity contribution in [2.75, 3.05) is 0 Å². The lowest BCUT2D eigenvalue weighted by atomic mass is 9.95. The van der Waals surface area contributed by atoms with E-state index >= 15 is 0 Å². The van der Waals surface area contributed by atoms with Gasteiger partial charge in [0.1, 0.15) is 0 Å². The molecule has 0 saturated heterocycles. The Morgan fingerprint density at radius 3 is 2.64 bits per heavy atom. The van der Waals surface area contributed by atoms with Gasteiger partial charge in [-0.2, -0.15) is 0 Å². The first-order chi connectivity index (χ1) is 6.70. The van der Waals surface area contributed by atoms with Crippen molar-refractivity contribution < 1.29 is 0 Å². The van der Waals surface area contributed by atoms with Crippen LogP contribution in [0.15, 0.2) is 36.4 Å². The molecule has 0 amide bonds. The van der Waals surface area contributed by atoms with Gasteiger partial charge in [0.15, 0.2) is 0 Å². The number of benzene rings is 1. The summed E-state index contributed by atoms with van der Waals surface area (Å²) in [6.07, 6.45) is 1.02. The highest BCUT2D eigenvalue weighted by Crippen LogP contribution is 2.23. The first-order valence-electron chi connectivity index (χ1n) is 4.90. The third kappa shape index (κ3) is 2.22. The van der Waals surface area contributed by atoms with Gasteiger partial charge in [0.25, 0.3) is 0 Å². The molecule has 0 aliphatic carbocycles. The zero-order chi connectivity index (χ0) is 10.6. The first kappa shape index (κ1) is 11.0. The minimum Gasteiger partial charge on any atom is -0.271 e. The fraction of sp³-hybridized carbons (Fsp3) is 0.333. The molecule has 0 radical (unpaired) electrons. The zero-order valence-electron chi connectivity index (χ0n) is 8.88. The van der Waals surface area contributed by atoms with Crippen molar-refractivity contribution in [1.82, 2.24) is 5.43 Å². The number of rotatable bonds is 4. The van der Waals surface area contributed by atoms with E-state index < -0.39 is 0 Å². The Morgan fingerprint density at radius 1 is 1.50 bits per heavy atom. The van der Waals surface area contributed by atoms with E-state index in [1.807, 2.05) is 19.1 Å². The monoisotopic (exact) mass is 190 g/mol. The van der Waals surface area contributed by atoms with E-state index in [2.05, 4.69) is 31.1 Å². The molecule has 1 aromatic carbocycles. The molecule has 1 rings (SSSR count). The van der Waals surface area contributed by atoms with Gasteiger partial charge >= 0.3 is 0 Å². The van der Waals surface area contributed by atoms with Crippen LogP contribution < -0.4 is 11.3 Å². The second-order valence-electron chi connectivity index (χ2n) is 3.50. The Balaban J connectivity index is 3.08. The Hall–Kier alpha value is -1.12. The summed E-state index contributed by atoms with van der Waals surface area (Å²) >= 11 is 0. The molecular formula is C12H18N2. The van der Waals surface area contributed by atoms with Crippen LogP contribution >= 0.6 is 0 Å². The molecule has 2 nitrogen and oxygen atoms in total. The van der Waals surface area contributed by atoms with Gasteiger partial charge in [-0.15, -0.1) is 0 Å². The maximum Gasteiger partial charge on any atom is 0.0667 e. The summed E-state index contributed by atoms with van der Waals surface area (Å²) in [5.41, 5.74) is 6.37. The van der Waals surface area contributed by atoms with Gasteiger partial charge in [0, 0.05) is 0 Å². The minimum atomic E-state index is 0.0612. The summed E-state index contributed by atoms with van der Waals surface area (Å²) in [6.45, 7) is 8.06. The van der Waals surface area contributed by atoms with E-state index in [9.17, 15) is 0 Å². The van der Waals surface area contributed by atoms with Crippen LogP contribution in [0, 0.1) is 0 Å². The van der Waals surface area contributed by atoms with Crippen LogP contribution in [0.2, 0.25) is 0 Å². The second-order valence-corrected chi connectivity index (χ2v) is 3.50. The highest BCUT2D eigenvalue weighted by molar-refractivity contribution is 5.34. The van der Waals surface area contributed by atoms with E-state index in [0.717, 1.165) is 12.0 Å².